The molecule has 0 aliphatic heterocycles. The van der Waals surface area contributed by atoms with Gasteiger partial charge in [0.2, 0.25) is 5.88 Å². The summed E-state index contributed by atoms with van der Waals surface area (Å²) in [5.74, 6) is 1.37. The molecule has 30 heavy (non-hydrogen) atoms. The van der Waals surface area contributed by atoms with E-state index in [0.717, 1.165) is 11.9 Å². The van der Waals surface area contributed by atoms with Gasteiger partial charge in [-0.25, -0.2) is 19.3 Å². The van der Waals surface area contributed by atoms with E-state index in [2.05, 4.69) is 20.3 Å². The van der Waals surface area contributed by atoms with E-state index in [1.165, 1.54) is 18.5 Å². The van der Waals surface area contributed by atoms with Crippen molar-refractivity contribution in [3.05, 3.63) is 89.5 Å². The molecule has 0 saturated heterocycles. The van der Waals surface area contributed by atoms with E-state index in [0.29, 0.717) is 23.1 Å². The van der Waals surface area contributed by atoms with E-state index in [1.54, 1.807) is 42.7 Å². The highest BCUT2D eigenvalue weighted by molar-refractivity contribution is 6.34. The minimum atomic E-state index is -0.505. The second-order valence-corrected chi connectivity index (χ2v) is 6.67. The van der Waals surface area contributed by atoms with Crippen molar-refractivity contribution in [3.8, 4) is 17.4 Å². The monoisotopic (exact) mass is 423 g/mol. The lowest BCUT2D eigenvalue weighted by Crippen LogP contribution is -2.12. The summed E-state index contributed by atoms with van der Waals surface area (Å²) in [4.78, 5) is 24.8. The molecular formula is C21H15ClFN5O2. The van der Waals surface area contributed by atoms with Crippen molar-refractivity contribution >= 4 is 23.2 Å². The molecule has 0 fully saturated rings. The number of carbonyl (C=O) groups is 1. The molecule has 7 nitrogen and oxygen atoms in total. The Kier molecular flexibility index (Phi) is 5.40. The molecule has 1 N–H and O–H groups in total. The standard InChI is InChI=1S/C21H15ClFN5O2/c1-13-24-8-9-28(13)19-11-20(26-12-25-19)30-16-5-3-15(4-6-16)27-21(29)17-7-2-14(23)10-18(17)22/h2-12H,1H3,(H,27,29). The van der Waals surface area contributed by atoms with Crippen molar-refractivity contribution < 1.29 is 13.9 Å². The number of nitrogens with zero attached hydrogens (tertiary/aromatic N) is 4. The van der Waals surface area contributed by atoms with E-state index in [9.17, 15) is 9.18 Å². The number of amides is 1. The summed E-state index contributed by atoms with van der Waals surface area (Å²) >= 11 is 5.93. The summed E-state index contributed by atoms with van der Waals surface area (Å²) in [5.41, 5.74) is 0.715. The molecular weight excluding hydrogens is 409 g/mol. The fourth-order valence-electron chi connectivity index (χ4n) is 2.74. The molecule has 0 bridgehead atoms. The largest absolute Gasteiger partial charge is 0.439 e. The van der Waals surface area contributed by atoms with Gasteiger partial charge >= 0.3 is 0 Å². The molecule has 9 heteroatoms. The fourth-order valence-corrected chi connectivity index (χ4v) is 2.99. The van der Waals surface area contributed by atoms with Crippen LogP contribution in [0.15, 0.2) is 67.3 Å². The molecule has 4 rings (SSSR count). The smallest absolute Gasteiger partial charge is 0.257 e. The molecule has 1 amide bonds. The van der Waals surface area contributed by atoms with Gasteiger partial charge in [-0.15, -0.1) is 0 Å². The Morgan fingerprint density at radius 2 is 1.90 bits per heavy atom. The predicted octanol–water partition coefficient (Wildman–Crippen LogP) is 4.81. The van der Waals surface area contributed by atoms with Crippen molar-refractivity contribution in [1.82, 2.24) is 19.5 Å². The van der Waals surface area contributed by atoms with Crippen molar-refractivity contribution in [1.29, 1.82) is 0 Å². The van der Waals surface area contributed by atoms with Gasteiger partial charge in [0, 0.05) is 24.1 Å². The average molecular weight is 424 g/mol. The first kappa shape index (κ1) is 19.5. The number of aryl methyl sites for hydroxylation is 1. The number of carbonyl (C=O) groups excluding carboxylic acids is 1. The van der Waals surface area contributed by atoms with E-state index >= 15 is 0 Å². The third kappa shape index (κ3) is 4.28. The van der Waals surface area contributed by atoms with Crippen LogP contribution in [0, 0.1) is 12.7 Å². The summed E-state index contributed by atoms with van der Waals surface area (Å²) < 4.78 is 20.7. The zero-order chi connectivity index (χ0) is 21.1. The maximum Gasteiger partial charge on any atom is 0.257 e. The van der Waals surface area contributed by atoms with Gasteiger partial charge in [0.25, 0.3) is 5.91 Å². The Morgan fingerprint density at radius 1 is 1.10 bits per heavy atom. The zero-order valence-corrected chi connectivity index (χ0v) is 16.5. The Labute approximate surface area is 176 Å². The van der Waals surface area contributed by atoms with Crippen molar-refractivity contribution in [2.75, 3.05) is 5.32 Å². The molecule has 4 aromatic rings. The highest BCUT2D eigenvalue weighted by Crippen LogP contribution is 2.24. The lowest BCUT2D eigenvalue weighted by molar-refractivity contribution is 0.102. The lowest BCUT2D eigenvalue weighted by atomic mass is 10.2. The van der Waals surface area contributed by atoms with Gasteiger partial charge in [0.1, 0.15) is 29.5 Å². The highest BCUT2D eigenvalue weighted by Gasteiger charge is 2.12. The summed E-state index contributed by atoms with van der Waals surface area (Å²) in [6, 6.07) is 12.0. The zero-order valence-electron chi connectivity index (χ0n) is 15.7. The fraction of sp³-hybridized carbons (Fsp3) is 0.0476. The molecule has 2 aromatic carbocycles. The summed E-state index contributed by atoms with van der Waals surface area (Å²) in [5, 5.41) is 2.75. The number of aromatic nitrogens is 4. The number of rotatable bonds is 5. The maximum absolute atomic E-state index is 13.1. The predicted molar refractivity (Wildman–Crippen MR) is 110 cm³/mol. The SMILES string of the molecule is Cc1nccn1-c1cc(Oc2ccc(NC(=O)c3ccc(F)cc3Cl)cc2)ncn1. The van der Waals surface area contributed by atoms with Gasteiger partial charge in [-0.2, -0.15) is 0 Å². The van der Waals surface area contributed by atoms with Gasteiger partial charge in [-0.1, -0.05) is 11.6 Å². The van der Waals surface area contributed by atoms with E-state index in [-0.39, 0.29) is 10.6 Å². The number of anilines is 1. The van der Waals surface area contributed by atoms with Crippen LogP contribution in [-0.2, 0) is 0 Å². The first-order valence-corrected chi connectivity index (χ1v) is 9.24. The van der Waals surface area contributed by atoms with Gasteiger partial charge in [0.15, 0.2) is 0 Å². The third-order valence-electron chi connectivity index (χ3n) is 4.21. The first-order valence-electron chi connectivity index (χ1n) is 8.86. The van der Waals surface area contributed by atoms with Crippen LogP contribution in [0.25, 0.3) is 5.82 Å². The van der Waals surface area contributed by atoms with Crippen LogP contribution in [-0.4, -0.2) is 25.4 Å². The molecule has 0 aliphatic rings. The number of halogens is 2. The normalized spacial score (nSPS) is 10.6. The molecule has 0 aliphatic carbocycles. The van der Waals surface area contributed by atoms with Gasteiger partial charge in [-0.3, -0.25) is 9.36 Å². The quantitative estimate of drug-likeness (QED) is 0.498. The molecule has 150 valence electrons. The Bertz CT molecular complexity index is 1210. The van der Waals surface area contributed by atoms with Crippen LogP contribution in [0.3, 0.4) is 0 Å². The van der Waals surface area contributed by atoms with Crippen LogP contribution in [0.2, 0.25) is 5.02 Å². The Hall–Kier alpha value is -3.78. The van der Waals surface area contributed by atoms with E-state index in [4.69, 9.17) is 16.3 Å². The van der Waals surface area contributed by atoms with Crippen LogP contribution < -0.4 is 10.1 Å². The highest BCUT2D eigenvalue weighted by atomic mass is 35.5. The van der Waals surface area contributed by atoms with Crippen LogP contribution >= 0.6 is 11.6 Å². The minimum absolute atomic E-state index is 0.0418. The molecule has 2 heterocycles. The molecule has 0 radical (unpaired) electrons. The number of nitrogens with one attached hydrogen (secondary N) is 1. The Balaban J connectivity index is 1.45. The maximum atomic E-state index is 13.1. The van der Waals surface area contributed by atoms with Crippen molar-refractivity contribution in [2.45, 2.75) is 6.92 Å². The van der Waals surface area contributed by atoms with Crippen LogP contribution in [0.5, 0.6) is 11.6 Å². The average Bonchev–Trinajstić information content (AvgIpc) is 3.15. The number of ether oxygens (including phenoxy) is 1. The molecule has 0 atom stereocenters. The number of hydrogen-bond acceptors (Lipinski definition) is 5. The molecule has 0 saturated carbocycles. The molecule has 0 unspecified atom stereocenters. The molecule has 2 aromatic heterocycles. The van der Waals surface area contributed by atoms with Crippen LogP contribution in [0.4, 0.5) is 10.1 Å². The summed E-state index contributed by atoms with van der Waals surface area (Å²) in [6.45, 7) is 1.87. The van der Waals surface area contributed by atoms with Gasteiger partial charge in [-0.05, 0) is 49.4 Å². The topological polar surface area (TPSA) is 81.9 Å². The second-order valence-electron chi connectivity index (χ2n) is 6.26. The van der Waals surface area contributed by atoms with Gasteiger partial charge in [0.05, 0.1) is 10.6 Å². The van der Waals surface area contributed by atoms with Crippen molar-refractivity contribution in [2.24, 2.45) is 0 Å². The summed E-state index contributed by atoms with van der Waals surface area (Å²) in [6.07, 6.45) is 4.89. The van der Waals surface area contributed by atoms with E-state index < -0.39 is 11.7 Å². The molecule has 0 spiro atoms. The number of benzene rings is 2. The third-order valence-corrected chi connectivity index (χ3v) is 4.52. The van der Waals surface area contributed by atoms with Gasteiger partial charge < -0.3 is 10.1 Å². The number of hydrogen-bond donors (Lipinski definition) is 1. The van der Waals surface area contributed by atoms with Crippen molar-refractivity contribution in [3.63, 3.8) is 0 Å². The van der Waals surface area contributed by atoms with Crippen LogP contribution in [0.1, 0.15) is 16.2 Å². The number of imidazole rings is 1. The minimum Gasteiger partial charge on any atom is -0.439 e. The van der Waals surface area contributed by atoms with E-state index in [1.807, 2.05) is 11.5 Å². The second kappa shape index (κ2) is 8.30. The first-order chi connectivity index (χ1) is 14.5. The summed E-state index contributed by atoms with van der Waals surface area (Å²) in [7, 11) is 0. The lowest BCUT2D eigenvalue weighted by Gasteiger charge is -2.09. The Morgan fingerprint density at radius 3 is 2.60 bits per heavy atom.